The normalized spacial score (nSPS) is 9.20. The van der Waals surface area contributed by atoms with E-state index in [2.05, 4.69) is 0 Å². The van der Waals surface area contributed by atoms with Gasteiger partial charge < -0.3 is 14.4 Å². The Morgan fingerprint density at radius 2 is 2.20 bits per heavy atom. The number of pyridine rings is 1. The molecule has 1 rings (SSSR count). The van der Waals surface area contributed by atoms with Crippen molar-refractivity contribution in [3.05, 3.63) is 28.2 Å². The van der Waals surface area contributed by atoms with E-state index in [0.717, 1.165) is 5.69 Å². The van der Waals surface area contributed by atoms with Crippen LogP contribution < -0.4 is 10.2 Å². The third kappa shape index (κ3) is 3.63. The van der Waals surface area contributed by atoms with Crippen LogP contribution in [0.5, 0.6) is 5.75 Å². The van der Waals surface area contributed by atoms with Gasteiger partial charge in [0.25, 0.3) is 0 Å². The van der Waals surface area contributed by atoms with Gasteiger partial charge in [-0.3, -0.25) is 4.79 Å². The number of aryl methyl sites for hydroxylation is 2. The fourth-order valence-corrected chi connectivity index (χ4v) is 0.952. The molecule has 0 fully saturated rings. The van der Waals surface area contributed by atoms with Gasteiger partial charge in [0.1, 0.15) is 0 Å². The molecule has 0 amide bonds. The van der Waals surface area contributed by atoms with E-state index in [9.17, 15) is 9.59 Å². The molecular weight excluding hydrogens is 222 g/mol. The molecule has 0 radical (unpaired) electrons. The van der Waals surface area contributed by atoms with Crippen molar-refractivity contribution in [1.82, 2.24) is 4.57 Å². The predicted molar refractivity (Wildman–Crippen MR) is 56.8 cm³/mol. The van der Waals surface area contributed by atoms with Crippen LogP contribution in [0.25, 0.3) is 0 Å². The number of carbonyl (C=O) groups is 1. The van der Waals surface area contributed by atoms with Crippen molar-refractivity contribution < 1.29 is 14.6 Å². The van der Waals surface area contributed by atoms with E-state index in [0.29, 0.717) is 0 Å². The van der Waals surface area contributed by atoms with E-state index in [1.807, 2.05) is 0 Å². The molecular formula is C9H12ClNO4. The summed E-state index contributed by atoms with van der Waals surface area (Å²) >= 11 is 0. The summed E-state index contributed by atoms with van der Waals surface area (Å²) in [5, 5.41) is 8.36. The summed E-state index contributed by atoms with van der Waals surface area (Å²) in [4.78, 5) is 21.5. The molecule has 1 aromatic heterocycles. The molecule has 0 saturated heterocycles. The number of aliphatic carboxylic acids is 1. The molecule has 1 aromatic rings. The topological polar surface area (TPSA) is 68.5 Å². The first-order valence-electron chi connectivity index (χ1n) is 4.02. The summed E-state index contributed by atoms with van der Waals surface area (Å²) in [6.07, 6.45) is 1.47. The summed E-state index contributed by atoms with van der Waals surface area (Å²) < 4.78 is 6.49. The van der Waals surface area contributed by atoms with Crippen LogP contribution in [-0.4, -0.2) is 22.2 Å². The van der Waals surface area contributed by atoms with Crippen LogP contribution >= 0.6 is 12.4 Å². The average Bonchev–Trinajstić information content (AvgIpc) is 2.09. The number of ether oxygens (including phenoxy) is 1. The summed E-state index contributed by atoms with van der Waals surface area (Å²) in [7, 11) is 1.75. The van der Waals surface area contributed by atoms with E-state index in [1.54, 1.807) is 18.5 Å². The third-order valence-corrected chi connectivity index (χ3v) is 1.80. The SMILES string of the molecule is Cc1cc(=O)c(OCC(=O)O)cn1C.Cl. The summed E-state index contributed by atoms with van der Waals surface area (Å²) in [6, 6.07) is 1.40. The van der Waals surface area contributed by atoms with Crippen molar-refractivity contribution in [2.75, 3.05) is 6.61 Å². The highest BCUT2D eigenvalue weighted by atomic mass is 35.5. The minimum atomic E-state index is -1.10. The molecule has 0 aromatic carbocycles. The molecule has 0 atom stereocenters. The van der Waals surface area contributed by atoms with Crippen molar-refractivity contribution >= 4 is 18.4 Å². The van der Waals surface area contributed by atoms with E-state index in [-0.39, 0.29) is 23.6 Å². The monoisotopic (exact) mass is 233 g/mol. The van der Waals surface area contributed by atoms with E-state index in [4.69, 9.17) is 9.84 Å². The Morgan fingerprint density at radius 1 is 1.60 bits per heavy atom. The highest BCUT2D eigenvalue weighted by Crippen LogP contribution is 2.03. The second-order valence-electron chi connectivity index (χ2n) is 2.94. The van der Waals surface area contributed by atoms with Gasteiger partial charge in [0.15, 0.2) is 12.4 Å². The lowest BCUT2D eigenvalue weighted by Crippen LogP contribution is -2.16. The van der Waals surface area contributed by atoms with Gasteiger partial charge in [0, 0.05) is 18.8 Å². The molecule has 15 heavy (non-hydrogen) atoms. The number of hydrogen-bond donors (Lipinski definition) is 1. The molecule has 1 N–H and O–H groups in total. The first kappa shape index (κ1) is 13.5. The van der Waals surface area contributed by atoms with Crippen molar-refractivity contribution in [1.29, 1.82) is 0 Å². The Hall–Kier alpha value is -1.49. The Bertz CT molecular complexity index is 413. The van der Waals surface area contributed by atoms with Gasteiger partial charge in [0.2, 0.25) is 5.43 Å². The molecule has 0 unspecified atom stereocenters. The maximum atomic E-state index is 11.3. The Labute approximate surface area is 92.7 Å². The number of hydrogen-bond acceptors (Lipinski definition) is 3. The van der Waals surface area contributed by atoms with Crippen LogP contribution in [0.1, 0.15) is 5.69 Å². The lowest BCUT2D eigenvalue weighted by Gasteiger charge is -2.07. The lowest BCUT2D eigenvalue weighted by molar-refractivity contribution is -0.139. The molecule has 0 saturated carbocycles. The lowest BCUT2D eigenvalue weighted by atomic mass is 10.3. The highest BCUT2D eigenvalue weighted by Gasteiger charge is 2.04. The number of rotatable bonds is 3. The van der Waals surface area contributed by atoms with Crippen LogP contribution in [0.4, 0.5) is 0 Å². The van der Waals surface area contributed by atoms with Crippen LogP contribution in [0, 0.1) is 6.92 Å². The molecule has 0 spiro atoms. The van der Waals surface area contributed by atoms with E-state index >= 15 is 0 Å². The fourth-order valence-electron chi connectivity index (χ4n) is 0.952. The molecule has 0 bridgehead atoms. The average molecular weight is 234 g/mol. The van der Waals surface area contributed by atoms with E-state index in [1.165, 1.54) is 12.3 Å². The van der Waals surface area contributed by atoms with Gasteiger partial charge in [-0.1, -0.05) is 0 Å². The van der Waals surface area contributed by atoms with Crippen molar-refractivity contribution in [3.8, 4) is 5.75 Å². The summed E-state index contributed by atoms with van der Waals surface area (Å²) in [5.41, 5.74) is 0.486. The van der Waals surface area contributed by atoms with Crippen LogP contribution in [0.15, 0.2) is 17.1 Å². The number of nitrogens with zero attached hydrogens (tertiary/aromatic N) is 1. The zero-order valence-corrected chi connectivity index (χ0v) is 9.21. The van der Waals surface area contributed by atoms with Gasteiger partial charge in [0.05, 0.1) is 6.20 Å². The summed E-state index contributed by atoms with van der Waals surface area (Å²) in [5.74, 6) is -1.05. The maximum Gasteiger partial charge on any atom is 0.341 e. The van der Waals surface area contributed by atoms with Gasteiger partial charge in [-0.2, -0.15) is 0 Å². The minimum absolute atomic E-state index is 0. The molecule has 1 heterocycles. The Morgan fingerprint density at radius 3 is 2.73 bits per heavy atom. The first-order valence-corrected chi connectivity index (χ1v) is 4.02. The second-order valence-corrected chi connectivity index (χ2v) is 2.94. The smallest absolute Gasteiger partial charge is 0.341 e. The quantitative estimate of drug-likeness (QED) is 0.829. The zero-order valence-electron chi connectivity index (χ0n) is 8.39. The molecule has 0 aliphatic rings. The third-order valence-electron chi connectivity index (χ3n) is 1.80. The van der Waals surface area contributed by atoms with Crippen LogP contribution in [0.3, 0.4) is 0 Å². The second kappa shape index (κ2) is 5.41. The number of halogens is 1. The number of carboxylic acids is 1. The minimum Gasteiger partial charge on any atom is -0.479 e. The first-order chi connectivity index (χ1) is 6.50. The number of aromatic nitrogens is 1. The number of carboxylic acid groups (broad SMARTS) is 1. The fraction of sp³-hybridized carbons (Fsp3) is 0.333. The van der Waals surface area contributed by atoms with Crippen LogP contribution in [-0.2, 0) is 11.8 Å². The van der Waals surface area contributed by atoms with Crippen molar-refractivity contribution in [2.45, 2.75) is 6.92 Å². The molecule has 6 heteroatoms. The standard InChI is InChI=1S/C9H11NO4.ClH/c1-6-3-7(11)8(4-10(6)2)14-5-9(12)13;/h3-4H,5H2,1-2H3,(H,12,13);1H. The van der Waals surface area contributed by atoms with Crippen molar-refractivity contribution in [2.24, 2.45) is 7.05 Å². The Balaban J connectivity index is 0.00000196. The molecule has 84 valence electrons. The van der Waals surface area contributed by atoms with Gasteiger partial charge in [-0.25, -0.2) is 4.79 Å². The van der Waals surface area contributed by atoms with Crippen molar-refractivity contribution in [3.63, 3.8) is 0 Å². The Kier molecular flexibility index (Phi) is 4.87. The van der Waals surface area contributed by atoms with Crippen LogP contribution in [0.2, 0.25) is 0 Å². The van der Waals surface area contributed by atoms with E-state index < -0.39 is 12.6 Å². The van der Waals surface area contributed by atoms with Gasteiger partial charge in [-0.05, 0) is 6.92 Å². The van der Waals surface area contributed by atoms with Gasteiger partial charge >= 0.3 is 5.97 Å². The zero-order chi connectivity index (χ0) is 10.7. The predicted octanol–water partition coefficient (Wildman–Crippen LogP) is 0.579. The largest absolute Gasteiger partial charge is 0.479 e. The molecule has 0 aliphatic carbocycles. The summed E-state index contributed by atoms with van der Waals surface area (Å²) in [6.45, 7) is 1.28. The molecule has 0 aliphatic heterocycles. The molecule has 5 nitrogen and oxygen atoms in total. The highest BCUT2D eigenvalue weighted by molar-refractivity contribution is 5.85. The maximum absolute atomic E-state index is 11.3. The van der Waals surface area contributed by atoms with Gasteiger partial charge in [-0.15, -0.1) is 12.4 Å².